The normalized spacial score (nSPS) is 9.71. The van der Waals surface area contributed by atoms with Crippen LogP contribution in [-0.4, -0.2) is 20.2 Å². The van der Waals surface area contributed by atoms with Gasteiger partial charge in [-0.25, -0.2) is 0 Å². The molecule has 7 heavy (non-hydrogen) atoms. The molecule has 0 bridgehead atoms. The second-order valence-electron chi connectivity index (χ2n) is 1.22. The maximum absolute atomic E-state index is 9.77. The van der Waals surface area contributed by atoms with Crippen molar-refractivity contribution in [2.75, 3.05) is 0 Å². The zero-order valence-electron chi connectivity index (χ0n) is 4.05. The quantitative estimate of drug-likeness (QED) is 0.429. The van der Waals surface area contributed by atoms with E-state index in [1.807, 2.05) is 0 Å². The molecule has 0 fully saturated rings. The molecule has 0 heterocycles. The molecule has 0 aromatic rings. The van der Waals surface area contributed by atoms with E-state index in [9.17, 15) is 4.79 Å². The first-order valence-electron chi connectivity index (χ1n) is 2.10. The minimum absolute atomic E-state index is 0.625. The number of hydrogen-bond donors (Lipinski definition) is 1. The van der Waals surface area contributed by atoms with E-state index < -0.39 is 15.1 Å². The van der Waals surface area contributed by atoms with E-state index in [0.717, 1.165) is 0 Å². The molecule has 0 aliphatic carbocycles. The number of carbonyl (C=O) groups is 1. The summed E-state index contributed by atoms with van der Waals surface area (Å²) in [6.45, 7) is 3.40. The average Bonchev–Trinajstić information content (AvgIpc) is 1.61. The number of rotatable bonds is 3. The van der Waals surface area contributed by atoms with Crippen LogP contribution in [0.2, 0.25) is 6.04 Å². The molecule has 0 saturated heterocycles. The maximum atomic E-state index is 9.77. The van der Waals surface area contributed by atoms with Gasteiger partial charge in [-0.05, 0) is 6.04 Å². The third kappa shape index (κ3) is 5.43. The Morgan fingerprint density at radius 3 is 2.71 bits per heavy atom. The Kier molecular flexibility index (Phi) is 3.32. The molecule has 0 spiro atoms. The Balaban J connectivity index is 2.97. The highest BCUT2D eigenvalue weighted by molar-refractivity contribution is 6.71. The molecular weight excluding hydrogens is 108 g/mol. The summed E-state index contributed by atoms with van der Waals surface area (Å²) in [7, 11) is -0.855. The van der Waals surface area contributed by atoms with Gasteiger partial charge >= 0.3 is 0 Å². The van der Waals surface area contributed by atoms with Crippen molar-refractivity contribution in [2.45, 2.75) is 6.04 Å². The van der Waals surface area contributed by atoms with Gasteiger partial charge in [-0.1, -0.05) is 6.08 Å². The van der Waals surface area contributed by atoms with E-state index in [4.69, 9.17) is 5.11 Å². The molecule has 0 rings (SSSR count). The summed E-state index contributed by atoms with van der Waals surface area (Å²) in [6.07, 6.45) is 1.65. The summed E-state index contributed by atoms with van der Waals surface area (Å²) in [6, 6.07) is 0.704. The summed E-state index contributed by atoms with van der Waals surface area (Å²) < 4.78 is 0. The fourth-order valence-corrected chi connectivity index (χ4v) is 0.677. The smallest absolute Gasteiger partial charge is 0.262 e. The first kappa shape index (κ1) is 6.43. The lowest BCUT2D eigenvalue weighted by molar-refractivity contribution is 0.220. The third-order valence-electron chi connectivity index (χ3n) is 0.562. The second kappa shape index (κ2) is 3.61. The first-order chi connectivity index (χ1) is 3.27. The van der Waals surface area contributed by atoms with Crippen LogP contribution in [0.1, 0.15) is 0 Å². The monoisotopic (exact) mass is 116 g/mol. The topological polar surface area (TPSA) is 37.3 Å². The molecule has 0 aliphatic rings. The molecule has 0 unspecified atom stereocenters. The van der Waals surface area contributed by atoms with Gasteiger partial charge in [-0.3, -0.25) is 4.79 Å². The minimum Gasteiger partial charge on any atom is -0.486 e. The number of carboxylic acid groups (broad SMARTS) is 1. The lowest BCUT2D eigenvalue weighted by Gasteiger charge is -1.80. The van der Waals surface area contributed by atoms with Crippen LogP contribution in [0.3, 0.4) is 0 Å². The van der Waals surface area contributed by atoms with Gasteiger partial charge in [0.25, 0.3) is 5.59 Å². The minimum atomic E-state index is -0.855. The molecule has 0 aromatic carbocycles. The van der Waals surface area contributed by atoms with E-state index in [0.29, 0.717) is 6.04 Å². The van der Waals surface area contributed by atoms with Crippen LogP contribution in [0.25, 0.3) is 0 Å². The van der Waals surface area contributed by atoms with Gasteiger partial charge in [0.15, 0.2) is 9.52 Å². The SMILES string of the molecule is C=CC[SiH2]C(=O)O. The Morgan fingerprint density at radius 2 is 2.57 bits per heavy atom. The van der Waals surface area contributed by atoms with Gasteiger partial charge in [0, 0.05) is 0 Å². The van der Waals surface area contributed by atoms with Crippen molar-refractivity contribution >= 4 is 15.1 Å². The highest BCUT2D eigenvalue weighted by Crippen LogP contribution is 1.77. The molecule has 0 amide bonds. The lowest BCUT2D eigenvalue weighted by Crippen LogP contribution is -2.01. The van der Waals surface area contributed by atoms with Crippen LogP contribution in [0.5, 0.6) is 0 Å². The van der Waals surface area contributed by atoms with Gasteiger partial charge < -0.3 is 5.11 Å². The van der Waals surface area contributed by atoms with Crippen LogP contribution >= 0.6 is 0 Å². The van der Waals surface area contributed by atoms with Crippen LogP contribution in [-0.2, 0) is 0 Å². The molecule has 2 nitrogen and oxygen atoms in total. The lowest BCUT2D eigenvalue weighted by atomic mass is 10.8. The van der Waals surface area contributed by atoms with Crippen LogP contribution in [0.4, 0.5) is 4.79 Å². The molecule has 0 saturated carbocycles. The Hall–Kier alpha value is -0.573. The predicted octanol–water partition coefficient (Wildman–Crippen LogP) is 0.437. The van der Waals surface area contributed by atoms with Crippen molar-refractivity contribution in [3.8, 4) is 0 Å². The predicted molar refractivity (Wildman–Crippen MR) is 31.6 cm³/mol. The Morgan fingerprint density at radius 1 is 2.00 bits per heavy atom. The fourth-order valence-electron chi connectivity index (χ4n) is 0.226. The largest absolute Gasteiger partial charge is 0.486 e. The van der Waals surface area contributed by atoms with Crippen LogP contribution in [0, 0.1) is 0 Å². The average molecular weight is 116 g/mol. The highest BCUT2D eigenvalue weighted by atomic mass is 28.2. The summed E-state index contributed by atoms with van der Waals surface area (Å²) in [5.41, 5.74) is -0.625. The molecule has 0 radical (unpaired) electrons. The third-order valence-corrected chi connectivity index (χ3v) is 1.69. The van der Waals surface area contributed by atoms with Gasteiger partial charge in [0.05, 0.1) is 0 Å². The van der Waals surface area contributed by atoms with Crippen molar-refractivity contribution < 1.29 is 9.90 Å². The summed E-state index contributed by atoms with van der Waals surface area (Å²) in [4.78, 5) is 9.77. The van der Waals surface area contributed by atoms with Crippen LogP contribution in [0.15, 0.2) is 12.7 Å². The summed E-state index contributed by atoms with van der Waals surface area (Å²) >= 11 is 0. The molecule has 1 N–H and O–H groups in total. The molecule has 3 heteroatoms. The van der Waals surface area contributed by atoms with Gasteiger partial charge in [-0.15, -0.1) is 6.58 Å². The van der Waals surface area contributed by atoms with Crippen molar-refractivity contribution in [3.05, 3.63) is 12.7 Å². The van der Waals surface area contributed by atoms with Gasteiger partial charge in [-0.2, -0.15) is 0 Å². The van der Waals surface area contributed by atoms with E-state index in [2.05, 4.69) is 6.58 Å². The molecule has 40 valence electrons. The summed E-state index contributed by atoms with van der Waals surface area (Å²) in [5, 5.41) is 8.06. The molecular formula is C4H8O2Si. The van der Waals surface area contributed by atoms with E-state index >= 15 is 0 Å². The number of hydrogen-bond acceptors (Lipinski definition) is 1. The zero-order chi connectivity index (χ0) is 5.70. The fraction of sp³-hybridized carbons (Fsp3) is 0.250. The zero-order valence-corrected chi connectivity index (χ0v) is 5.47. The first-order valence-corrected chi connectivity index (χ1v) is 3.80. The standard InChI is InChI=1S/C4H8O2Si/c1-2-3-7-4(5)6/h2H,1,3,7H2,(H,5,6). The van der Waals surface area contributed by atoms with E-state index in [-0.39, 0.29) is 0 Å². The Labute approximate surface area is 44.7 Å². The molecule has 0 atom stereocenters. The van der Waals surface area contributed by atoms with Crippen LogP contribution < -0.4 is 0 Å². The van der Waals surface area contributed by atoms with E-state index in [1.54, 1.807) is 6.08 Å². The van der Waals surface area contributed by atoms with Crippen molar-refractivity contribution in [1.82, 2.24) is 0 Å². The molecule has 0 aliphatic heterocycles. The Bertz CT molecular complexity index is 79.8. The van der Waals surface area contributed by atoms with Crippen molar-refractivity contribution in [3.63, 3.8) is 0 Å². The van der Waals surface area contributed by atoms with Gasteiger partial charge in [0.1, 0.15) is 0 Å². The summed E-state index contributed by atoms with van der Waals surface area (Å²) in [5.74, 6) is 0. The highest BCUT2D eigenvalue weighted by Gasteiger charge is 1.90. The van der Waals surface area contributed by atoms with Crippen molar-refractivity contribution in [2.24, 2.45) is 0 Å². The van der Waals surface area contributed by atoms with E-state index in [1.165, 1.54) is 0 Å². The maximum Gasteiger partial charge on any atom is 0.262 e. The number of allylic oxidation sites excluding steroid dienone is 1. The van der Waals surface area contributed by atoms with Crippen molar-refractivity contribution in [1.29, 1.82) is 0 Å². The van der Waals surface area contributed by atoms with Gasteiger partial charge in [0.2, 0.25) is 0 Å². The molecule has 0 aromatic heterocycles. The second-order valence-corrected chi connectivity index (χ2v) is 2.90.